The molecule has 0 amide bonds. The molecule has 2 aromatic carbocycles. The maximum Gasteiger partial charge on any atom is 0.203 e. The lowest BCUT2D eigenvalue weighted by molar-refractivity contribution is -0.113. The number of carbonyl (C=O) groups excluding carboxylic acids is 1. The number of benzene rings is 2. The molecular formula is C21H22O4. The van der Waals surface area contributed by atoms with Crippen molar-refractivity contribution in [1.82, 2.24) is 0 Å². The van der Waals surface area contributed by atoms with E-state index >= 15 is 0 Å². The average Bonchev–Trinajstić information content (AvgIpc) is 2.99. The Balaban J connectivity index is 2.15. The van der Waals surface area contributed by atoms with Gasteiger partial charge in [-0.3, -0.25) is 4.79 Å². The Hall–Kier alpha value is -2.75. The van der Waals surface area contributed by atoms with Gasteiger partial charge in [0.15, 0.2) is 17.3 Å². The Morgan fingerprint density at radius 1 is 1.00 bits per heavy atom. The minimum absolute atomic E-state index is 0.0244. The van der Waals surface area contributed by atoms with E-state index in [4.69, 9.17) is 14.2 Å². The first-order chi connectivity index (χ1) is 12.1. The molecule has 0 saturated heterocycles. The summed E-state index contributed by atoms with van der Waals surface area (Å²) in [5, 5.41) is 0. The van der Waals surface area contributed by atoms with Gasteiger partial charge in [-0.2, -0.15) is 0 Å². The number of ketones is 1. The molecule has 0 saturated carbocycles. The normalized spacial score (nSPS) is 15.4. The lowest BCUT2D eigenvalue weighted by Gasteiger charge is -2.19. The first-order valence-corrected chi connectivity index (χ1v) is 8.20. The number of hydrogen-bond acceptors (Lipinski definition) is 4. The summed E-state index contributed by atoms with van der Waals surface area (Å²) in [6, 6.07) is 12.1. The van der Waals surface area contributed by atoms with Gasteiger partial charge in [-0.05, 0) is 36.6 Å². The molecule has 0 aliphatic heterocycles. The molecule has 130 valence electrons. The first kappa shape index (κ1) is 17.1. The maximum atomic E-state index is 12.3. The molecule has 4 heteroatoms. The molecule has 0 aromatic heterocycles. The molecule has 1 aliphatic carbocycles. The molecule has 3 rings (SSSR count). The molecule has 0 spiro atoms. The van der Waals surface area contributed by atoms with Gasteiger partial charge >= 0.3 is 0 Å². The highest BCUT2D eigenvalue weighted by atomic mass is 16.5. The van der Waals surface area contributed by atoms with Crippen molar-refractivity contribution in [3.63, 3.8) is 0 Å². The number of methoxy groups -OCH3 is 3. The van der Waals surface area contributed by atoms with Crippen LogP contribution in [0.1, 0.15) is 29.5 Å². The molecule has 1 aliphatic rings. The zero-order valence-corrected chi connectivity index (χ0v) is 15.0. The minimum atomic E-state index is -0.0244. The fraction of sp³-hybridized carbons (Fsp3) is 0.286. The van der Waals surface area contributed by atoms with Crippen LogP contribution in [0.15, 0.2) is 42.0 Å². The van der Waals surface area contributed by atoms with Gasteiger partial charge in [-0.15, -0.1) is 0 Å². The van der Waals surface area contributed by atoms with E-state index in [-0.39, 0.29) is 11.7 Å². The Morgan fingerprint density at radius 2 is 1.68 bits per heavy atom. The zero-order chi connectivity index (χ0) is 18.0. The summed E-state index contributed by atoms with van der Waals surface area (Å²) < 4.78 is 16.5. The Bertz CT molecular complexity index is 822. The average molecular weight is 338 g/mol. The van der Waals surface area contributed by atoms with Crippen molar-refractivity contribution in [2.75, 3.05) is 21.3 Å². The third-order valence-electron chi connectivity index (χ3n) is 4.64. The molecule has 1 unspecified atom stereocenters. The Morgan fingerprint density at radius 3 is 2.24 bits per heavy atom. The van der Waals surface area contributed by atoms with E-state index in [0.29, 0.717) is 17.2 Å². The lowest BCUT2D eigenvalue weighted by atomic mass is 9.87. The van der Waals surface area contributed by atoms with Crippen molar-refractivity contribution in [3.05, 3.63) is 58.7 Å². The lowest BCUT2D eigenvalue weighted by Crippen LogP contribution is -2.09. The summed E-state index contributed by atoms with van der Waals surface area (Å²) >= 11 is 0. The molecular weight excluding hydrogens is 316 g/mol. The Labute approximate surface area is 148 Å². The van der Waals surface area contributed by atoms with Crippen LogP contribution in [0.2, 0.25) is 0 Å². The second kappa shape index (κ2) is 7.01. The predicted molar refractivity (Wildman–Crippen MR) is 97.6 cm³/mol. The van der Waals surface area contributed by atoms with Crippen LogP contribution >= 0.6 is 0 Å². The molecule has 4 nitrogen and oxygen atoms in total. The van der Waals surface area contributed by atoms with Gasteiger partial charge in [-0.1, -0.05) is 30.3 Å². The van der Waals surface area contributed by atoms with Crippen molar-refractivity contribution in [1.29, 1.82) is 0 Å². The predicted octanol–water partition coefficient (Wildman–Crippen LogP) is 4.02. The summed E-state index contributed by atoms with van der Waals surface area (Å²) in [4.78, 5) is 12.3. The summed E-state index contributed by atoms with van der Waals surface area (Å²) in [7, 11) is 4.78. The van der Waals surface area contributed by atoms with Gasteiger partial charge in [0.1, 0.15) is 0 Å². The second-order valence-corrected chi connectivity index (χ2v) is 6.05. The van der Waals surface area contributed by atoms with E-state index in [0.717, 1.165) is 23.1 Å². The van der Waals surface area contributed by atoms with Crippen molar-refractivity contribution < 1.29 is 19.0 Å². The highest BCUT2D eigenvalue weighted by Crippen LogP contribution is 2.50. The van der Waals surface area contributed by atoms with Gasteiger partial charge < -0.3 is 14.2 Å². The maximum absolute atomic E-state index is 12.3. The second-order valence-electron chi connectivity index (χ2n) is 6.05. The molecule has 25 heavy (non-hydrogen) atoms. The fourth-order valence-corrected chi connectivity index (χ4v) is 3.47. The summed E-state index contributed by atoms with van der Waals surface area (Å²) in [6.07, 6.45) is 2.67. The van der Waals surface area contributed by atoms with Gasteiger partial charge in [0.25, 0.3) is 0 Å². The smallest absolute Gasteiger partial charge is 0.203 e. The van der Waals surface area contributed by atoms with Crippen LogP contribution < -0.4 is 14.2 Å². The van der Waals surface area contributed by atoms with E-state index < -0.39 is 0 Å². The monoisotopic (exact) mass is 338 g/mol. The number of rotatable bonds is 6. The number of Topliss-reactive ketones (excluding diaryl/α,β-unsaturated/α-hetero) is 1. The molecule has 0 N–H and O–H groups in total. The molecule has 0 heterocycles. The SMILES string of the molecule is COc1cc2c(c(OC)c1OC)C=C(C(C)=O)C2Cc1ccccc1. The highest BCUT2D eigenvalue weighted by molar-refractivity contribution is 6.02. The van der Waals surface area contributed by atoms with Crippen molar-refractivity contribution >= 4 is 11.9 Å². The van der Waals surface area contributed by atoms with Crippen LogP contribution in [0, 0.1) is 0 Å². The summed E-state index contributed by atoms with van der Waals surface area (Å²) in [5.41, 5.74) is 3.89. The number of ether oxygens (including phenoxy) is 3. The Kier molecular flexibility index (Phi) is 4.79. The van der Waals surface area contributed by atoms with E-state index in [9.17, 15) is 4.79 Å². The molecule has 0 bridgehead atoms. The summed E-state index contributed by atoms with van der Waals surface area (Å²) in [6.45, 7) is 1.61. The number of hydrogen-bond donors (Lipinski definition) is 0. The number of carbonyl (C=O) groups is 1. The largest absolute Gasteiger partial charge is 0.493 e. The van der Waals surface area contributed by atoms with Crippen LogP contribution in [0.5, 0.6) is 17.2 Å². The zero-order valence-electron chi connectivity index (χ0n) is 15.0. The fourth-order valence-electron chi connectivity index (χ4n) is 3.47. The van der Waals surface area contributed by atoms with E-state index in [1.807, 2.05) is 30.3 Å². The van der Waals surface area contributed by atoms with Crippen molar-refractivity contribution in [3.8, 4) is 17.2 Å². The van der Waals surface area contributed by atoms with E-state index in [1.165, 1.54) is 5.56 Å². The third-order valence-corrected chi connectivity index (χ3v) is 4.64. The molecule has 0 radical (unpaired) electrons. The van der Waals surface area contributed by atoms with Crippen molar-refractivity contribution in [2.24, 2.45) is 0 Å². The minimum Gasteiger partial charge on any atom is -0.493 e. The number of allylic oxidation sites excluding steroid dienone is 1. The first-order valence-electron chi connectivity index (χ1n) is 8.20. The quantitative estimate of drug-likeness (QED) is 0.798. The highest BCUT2D eigenvalue weighted by Gasteiger charge is 2.33. The van der Waals surface area contributed by atoms with Crippen LogP contribution in [-0.4, -0.2) is 27.1 Å². The molecule has 2 aromatic rings. The van der Waals surface area contributed by atoms with E-state index in [1.54, 1.807) is 28.3 Å². The van der Waals surface area contributed by atoms with Gasteiger partial charge in [-0.25, -0.2) is 0 Å². The van der Waals surface area contributed by atoms with E-state index in [2.05, 4.69) is 12.1 Å². The van der Waals surface area contributed by atoms with Crippen LogP contribution in [0.25, 0.3) is 6.08 Å². The van der Waals surface area contributed by atoms with Gasteiger partial charge in [0.05, 0.1) is 21.3 Å². The number of fused-ring (bicyclic) bond motifs is 1. The van der Waals surface area contributed by atoms with Gasteiger partial charge in [0, 0.05) is 17.1 Å². The van der Waals surface area contributed by atoms with Gasteiger partial charge in [0.2, 0.25) is 5.75 Å². The molecule has 0 fully saturated rings. The van der Waals surface area contributed by atoms with Crippen molar-refractivity contribution in [2.45, 2.75) is 19.3 Å². The van der Waals surface area contributed by atoms with Crippen LogP contribution in [0.3, 0.4) is 0 Å². The summed E-state index contributed by atoms with van der Waals surface area (Å²) in [5.74, 6) is 1.80. The molecule has 1 atom stereocenters. The topological polar surface area (TPSA) is 44.8 Å². The third kappa shape index (κ3) is 3.00. The van der Waals surface area contributed by atoms with Crippen LogP contribution in [-0.2, 0) is 11.2 Å². The standard InChI is InChI=1S/C21H22O4/c1-13(22)15-11-18-17(16(15)10-14-8-6-5-7-9-14)12-19(23-2)21(25-4)20(18)24-3/h5-9,11-12,16H,10H2,1-4H3. The van der Waals surface area contributed by atoms with Crippen LogP contribution in [0.4, 0.5) is 0 Å².